The lowest BCUT2D eigenvalue weighted by Gasteiger charge is -2.41. The lowest BCUT2D eigenvalue weighted by molar-refractivity contribution is 0.0974. The number of rotatable bonds is 3. The average molecular weight is 478 g/mol. The number of anilines is 2. The van der Waals surface area contributed by atoms with Crippen molar-refractivity contribution in [2.24, 2.45) is 11.1 Å². The maximum atomic E-state index is 13.3. The summed E-state index contributed by atoms with van der Waals surface area (Å²) in [5, 5.41) is 0.502. The molecule has 32 heavy (non-hydrogen) atoms. The number of aromatic nitrogens is 2. The van der Waals surface area contributed by atoms with Gasteiger partial charge < -0.3 is 25.5 Å². The van der Waals surface area contributed by atoms with Gasteiger partial charge in [-0.15, -0.1) is 0 Å². The van der Waals surface area contributed by atoms with Gasteiger partial charge in [-0.05, 0) is 31.9 Å². The highest BCUT2D eigenvalue weighted by molar-refractivity contribution is 7.91. The standard InChI is InChI=1S/C21H24ClN5O4S/c1-12-18(23)21(11-31-12)4-7-27(8-5-21)20-13-3-9-30-17(13)15(10-26-20)32(28,29)14-2-6-25-19(24)16(14)22/h2-3,6,9-10,12,18H,4-5,7-8,11,23H2,1H3,(H2,24,25)/t12-,18+/m0/s1. The summed E-state index contributed by atoms with van der Waals surface area (Å²) in [5.74, 6) is 0.627. The number of nitrogens with two attached hydrogens (primary N) is 2. The molecule has 2 aliphatic rings. The Morgan fingerprint density at radius 1 is 1.22 bits per heavy atom. The number of nitrogens with zero attached hydrogens (tertiary/aromatic N) is 3. The Bertz CT molecular complexity index is 1290. The number of ether oxygens (including phenoxy) is 1. The van der Waals surface area contributed by atoms with Crippen LogP contribution in [0.3, 0.4) is 0 Å². The zero-order chi connectivity index (χ0) is 22.7. The van der Waals surface area contributed by atoms with Crippen LogP contribution >= 0.6 is 11.6 Å². The third-order valence-corrected chi connectivity index (χ3v) is 9.10. The maximum absolute atomic E-state index is 13.3. The summed E-state index contributed by atoms with van der Waals surface area (Å²) in [7, 11) is -4.03. The van der Waals surface area contributed by atoms with Crippen molar-refractivity contribution in [3.05, 3.63) is 35.8 Å². The second-order valence-corrected chi connectivity index (χ2v) is 10.8. The van der Waals surface area contributed by atoms with E-state index in [9.17, 15) is 8.42 Å². The van der Waals surface area contributed by atoms with E-state index in [1.165, 1.54) is 24.7 Å². The van der Waals surface area contributed by atoms with Crippen molar-refractivity contribution in [1.29, 1.82) is 0 Å². The van der Waals surface area contributed by atoms with Crippen LogP contribution in [0.15, 0.2) is 45.0 Å². The van der Waals surface area contributed by atoms with E-state index < -0.39 is 9.84 Å². The molecule has 170 valence electrons. The zero-order valence-corrected chi connectivity index (χ0v) is 19.1. The number of furan rings is 1. The molecule has 0 amide bonds. The summed E-state index contributed by atoms with van der Waals surface area (Å²) < 4.78 is 38.1. The van der Waals surface area contributed by atoms with Crippen molar-refractivity contribution in [2.45, 2.75) is 41.7 Å². The van der Waals surface area contributed by atoms with Crippen molar-refractivity contribution < 1.29 is 17.6 Å². The van der Waals surface area contributed by atoms with Crippen molar-refractivity contribution in [3.63, 3.8) is 0 Å². The number of pyridine rings is 2. The van der Waals surface area contributed by atoms with E-state index in [1.54, 1.807) is 6.07 Å². The van der Waals surface area contributed by atoms with Crippen molar-refractivity contribution in [3.8, 4) is 0 Å². The van der Waals surface area contributed by atoms with Gasteiger partial charge in [0.2, 0.25) is 9.84 Å². The first-order chi connectivity index (χ1) is 15.2. The number of hydrogen-bond acceptors (Lipinski definition) is 9. The Kier molecular flexibility index (Phi) is 5.08. The lowest BCUT2D eigenvalue weighted by Crippen LogP contribution is -2.50. The first-order valence-corrected chi connectivity index (χ1v) is 12.2. The van der Waals surface area contributed by atoms with E-state index in [0.29, 0.717) is 17.8 Å². The van der Waals surface area contributed by atoms with Gasteiger partial charge in [-0.3, -0.25) is 0 Å². The fraction of sp³-hybridized carbons (Fsp3) is 0.429. The Morgan fingerprint density at radius 2 is 1.97 bits per heavy atom. The molecule has 0 bridgehead atoms. The second-order valence-electron chi connectivity index (χ2n) is 8.51. The molecule has 0 aromatic carbocycles. The van der Waals surface area contributed by atoms with E-state index in [0.717, 1.165) is 25.9 Å². The molecule has 2 fully saturated rings. The van der Waals surface area contributed by atoms with Crippen LogP contribution in [0.4, 0.5) is 11.6 Å². The molecule has 3 aromatic heterocycles. The van der Waals surface area contributed by atoms with Crippen LogP contribution in [0.1, 0.15) is 19.8 Å². The number of piperidine rings is 1. The Hall–Kier alpha value is -2.40. The van der Waals surface area contributed by atoms with Gasteiger partial charge in [-0.25, -0.2) is 18.4 Å². The molecule has 11 heteroatoms. The first kappa shape index (κ1) is 21.4. The van der Waals surface area contributed by atoms with Gasteiger partial charge in [0.05, 0.1) is 35.5 Å². The van der Waals surface area contributed by atoms with Crippen molar-refractivity contribution >= 4 is 44.0 Å². The van der Waals surface area contributed by atoms with Crippen LogP contribution < -0.4 is 16.4 Å². The normalized spacial score (nSPS) is 23.3. The molecule has 1 spiro atoms. The van der Waals surface area contributed by atoms with Crippen LogP contribution in [0.2, 0.25) is 5.02 Å². The molecule has 0 unspecified atom stereocenters. The van der Waals surface area contributed by atoms with Gasteiger partial charge in [0.1, 0.15) is 21.6 Å². The highest BCUT2D eigenvalue weighted by Gasteiger charge is 2.47. The molecule has 0 radical (unpaired) electrons. The molecule has 3 aromatic rings. The van der Waals surface area contributed by atoms with Crippen LogP contribution in [0.25, 0.3) is 11.0 Å². The number of sulfone groups is 1. The van der Waals surface area contributed by atoms with E-state index in [2.05, 4.69) is 14.9 Å². The summed E-state index contributed by atoms with van der Waals surface area (Å²) in [4.78, 5) is 10.3. The smallest absolute Gasteiger partial charge is 0.213 e. The Morgan fingerprint density at radius 3 is 2.66 bits per heavy atom. The Labute approximate surface area is 190 Å². The molecule has 9 nitrogen and oxygen atoms in total. The largest absolute Gasteiger partial charge is 0.463 e. The topological polar surface area (TPSA) is 138 Å². The zero-order valence-electron chi connectivity index (χ0n) is 17.5. The van der Waals surface area contributed by atoms with Gasteiger partial charge >= 0.3 is 0 Å². The second kappa shape index (κ2) is 7.58. The minimum Gasteiger partial charge on any atom is -0.463 e. The quantitative estimate of drug-likeness (QED) is 0.582. The van der Waals surface area contributed by atoms with Gasteiger partial charge in [0.25, 0.3) is 0 Å². The molecule has 5 heterocycles. The average Bonchev–Trinajstić information content (AvgIpc) is 3.37. The van der Waals surface area contributed by atoms with Crippen LogP contribution in [-0.4, -0.2) is 50.2 Å². The van der Waals surface area contributed by atoms with E-state index in [1.807, 2.05) is 6.92 Å². The SMILES string of the molecule is C[C@@H]1OCC2(CCN(c3ncc(S(=O)(=O)c4ccnc(N)c4Cl)c4occc34)CC2)[C@@H]1N. The minimum absolute atomic E-state index is 0.0108. The fourth-order valence-corrected chi connectivity index (χ4v) is 6.60. The number of hydrogen-bond donors (Lipinski definition) is 2. The monoisotopic (exact) mass is 477 g/mol. The number of halogens is 1. The molecular formula is C21H24ClN5O4S. The molecule has 2 atom stereocenters. The summed E-state index contributed by atoms with van der Waals surface area (Å²) in [5.41, 5.74) is 12.3. The molecular weight excluding hydrogens is 454 g/mol. The first-order valence-electron chi connectivity index (χ1n) is 10.4. The van der Waals surface area contributed by atoms with Crippen LogP contribution in [-0.2, 0) is 14.6 Å². The predicted octanol–water partition coefficient (Wildman–Crippen LogP) is 2.62. The highest BCUT2D eigenvalue weighted by Crippen LogP contribution is 2.43. The van der Waals surface area contributed by atoms with Gasteiger partial charge in [-0.2, -0.15) is 0 Å². The van der Waals surface area contributed by atoms with Gasteiger partial charge in [0, 0.05) is 30.7 Å². The molecule has 0 aliphatic carbocycles. The van der Waals surface area contributed by atoms with Crippen LogP contribution in [0.5, 0.6) is 0 Å². The summed E-state index contributed by atoms with van der Waals surface area (Å²) in [6.07, 6.45) is 5.90. The van der Waals surface area contributed by atoms with Crippen LogP contribution in [0, 0.1) is 5.41 Å². The third-order valence-electron chi connectivity index (χ3n) is 6.80. The Balaban J connectivity index is 1.49. The fourth-order valence-electron chi connectivity index (χ4n) is 4.77. The molecule has 5 rings (SSSR count). The predicted molar refractivity (Wildman–Crippen MR) is 120 cm³/mol. The minimum atomic E-state index is -4.03. The van der Waals surface area contributed by atoms with Crippen molar-refractivity contribution in [2.75, 3.05) is 30.3 Å². The molecule has 0 saturated carbocycles. The van der Waals surface area contributed by atoms with Crippen molar-refractivity contribution in [1.82, 2.24) is 9.97 Å². The molecule has 2 aliphatic heterocycles. The van der Waals surface area contributed by atoms with E-state index >= 15 is 0 Å². The van der Waals surface area contributed by atoms with E-state index in [4.69, 9.17) is 32.2 Å². The summed E-state index contributed by atoms with van der Waals surface area (Å²) in [6.45, 7) is 4.18. The molecule has 2 saturated heterocycles. The third kappa shape index (κ3) is 3.16. The number of fused-ring (bicyclic) bond motifs is 1. The summed E-state index contributed by atoms with van der Waals surface area (Å²) >= 11 is 6.14. The summed E-state index contributed by atoms with van der Waals surface area (Å²) in [6, 6.07) is 3.06. The van der Waals surface area contributed by atoms with E-state index in [-0.39, 0.29) is 43.8 Å². The maximum Gasteiger partial charge on any atom is 0.213 e. The lowest BCUT2D eigenvalue weighted by atomic mass is 9.73. The number of nitrogen functional groups attached to an aromatic ring is 1. The highest BCUT2D eigenvalue weighted by atomic mass is 35.5. The van der Waals surface area contributed by atoms with Gasteiger partial charge in [0.15, 0.2) is 5.58 Å². The molecule has 4 N–H and O–H groups in total. The van der Waals surface area contributed by atoms with Gasteiger partial charge in [-0.1, -0.05) is 11.6 Å².